The molecule has 0 aliphatic rings. The van der Waals surface area contributed by atoms with Crippen LogP contribution in [0, 0.1) is 0 Å². The number of hydrogen-bond donors (Lipinski definition) is 1. The zero-order valence-corrected chi connectivity index (χ0v) is 8.52. The molecule has 0 aliphatic heterocycles. The van der Waals surface area contributed by atoms with Gasteiger partial charge in [-0.2, -0.15) is 0 Å². The number of halogens is 2. The Labute approximate surface area is 87.4 Å². The Morgan fingerprint density at radius 2 is 2.23 bits per heavy atom. The van der Waals surface area contributed by atoms with E-state index in [0.717, 1.165) is 5.56 Å². The second-order valence-electron chi connectivity index (χ2n) is 2.64. The molecule has 2 nitrogen and oxygen atoms in total. The zero-order valence-electron chi connectivity index (χ0n) is 7.00. The summed E-state index contributed by atoms with van der Waals surface area (Å²) >= 11 is 11.5. The summed E-state index contributed by atoms with van der Waals surface area (Å²) in [5.74, 6) is 0. The van der Waals surface area contributed by atoms with Crippen molar-refractivity contribution in [1.29, 1.82) is 0 Å². The van der Waals surface area contributed by atoms with E-state index in [1.807, 2.05) is 0 Å². The van der Waals surface area contributed by atoms with Gasteiger partial charge in [-0.1, -0.05) is 35.3 Å². The van der Waals surface area contributed by atoms with Crippen molar-refractivity contribution < 1.29 is 0 Å². The summed E-state index contributed by atoms with van der Waals surface area (Å²) in [5.41, 5.74) is 6.61. The highest BCUT2D eigenvalue weighted by Gasteiger charge is 2.09. The van der Waals surface area contributed by atoms with Crippen LogP contribution in [0.25, 0.3) is 0 Å². The van der Waals surface area contributed by atoms with Gasteiger partial charge in [0.1, 0.15) is 10.3 Å². The van der Waals surface area contributed by atoms with Crippen LogP contribution < -0.4 is 5.73 Å². The molecule has 0 unspecified atom stereocenters. The van der Waals surface area contributed by atoms with Gasteiger partial charge in [-0.05, 0) is 12.5 Å². The van der Waals surface area contributed by atoms with Crippen LogP contribution in [0.3, 0.4) is 0 Å². The molecule has 1 aromatic rings. The minimum Gasteiger partial charge on any atom is -0.324 e. The Morgan fingerprint density at radius 3 is 2.77 bits per heavy atom. The molecule has 0 aromatic carbocycles. The smallest absolute Gasteiger partial charge is 0.135 e. The lowest BCUT2D eigenvalue weighted by molar-refractivity contribution is 0.738. The number of hydrogen-bond acceptors (Lipinski definition) is 2. The van der Waals surface area contributed by atoms with Gasteiger partial charge >= 0.3 is 0 Å². The average Bonchev–Trinajstić information content (AvgIpc) is 2.04. The average molecular weight is 217 g/mol. The van der Waals surface area contributed by atoms with Gasteiger partial charge in [0.15, 0.2) is 0 Å². The van der Waals surface area contributed by atoms with Crippen LogP contribution in [-0.2, 0) is 0 Å². The molecule has 0 aliphatic carbocycles. The molecule has 1 atom stereocenters. The molecular formula is C9H10Cl2N2. The Balaban J connectivity index is 2.94. The first-order valence-electron chi connectivity index (χ1n) is 3.83. The maximum Gasteiger partial charge on any atom is 0.135 e. The van der Waals surface area contributed by atoms with Gasteiger partial charge in [-0.15, -0.1) is 6.58 Å². The Hall–Kier alpha value is -0.570. The Morgan fingerprint density at radius 1 is 1.54 bits per heavy atom. The third kappa shape index (κ3) is 2.69. The van der Waals surface area contributed by atoms with Gasteiger partial charge < -0.3 is 5.73 Å². The van der Waals surface area contributed by atoms with Crippen LogP contribution >= 0.6 is 23.2 Å². The maximum atomic E-state index is 5.85. The van der Waals surface area contributed by atoms with E-state index < -0.39 is 0 Å². The predicted molar refractivity (Wildman–Crippen MR) is 56.0 cm³/mol. The maximum absolute atomic E-state index is 5.85. The lowest BCUT2D eigenvalue weighted by Gasteiger charge is -2.10. The van der Waals surface area contributed by atoms with Gasteiger partial charge in [-0.3, -0.25) is 0 Å². The van der Waals surface area contributed by atoms with Crippen LogP contribution in [0.1, 0.15) is 18.0 Å². The number of nitrogens with zero attached hydrogens (tertiary/aromatic N) is 1. The largest absolute Gasteiger partial charge is 0.324 e. The molecule has 2 N–H and O–H groups in total. The summed E-state index contributed by atoms with van der Waals surface area (Å²) in [4.78, 5) is 3.89. The fourth-order valence-electron chi connectivity index (χ4n) is 1.01. The molecule has 0 fully saturated rings. The highest BCUT2D eigenvalue weighted by molar-refractivity contribution is 6.32. The van der Waals surface area contributed by atoms with E-state index in [-0.39, 0.29) is 6.04 Å². The van der Waals surface area contributed by atoms with E-state index in [4.69, 9.17) is 28.9 Å². The van der Waals surface area contributed by atoms with Gasteiger partial charge in [0.25, 0.3) is 0 Å². The van der Waals surface area contributed by atoms with Crippen molar-refractivity contribution in [3.63, 3.8) is 0 Å². The molecule has 0 spiro atoms. The lowest BCUT2D eigenvalue weighted by Crippen LogP contribution is -2.10. The van der Waals surface area contributed by atoms with Crippen LogP contribution in [0.5, 0.6) is 0 Å². The van der Waals surface area contributed by atoms with Crippen molar-refractivity contribution in [2.24, 2.45) is 5.73 Å². The molecule has 0 bridgehead atoms. The fourth-order valence-corrected chi connectivity index (χ4v) is 1.49. The summed E-state index contributed by atoms with van der Waals surface area (Å²) in [6.45, 7) is 3.60. The highest BCUT2D eigenvalue weighted by Crippen LogP contribution is 2.23. The van der Waals surface area contributed by atoms with Crippen LogP contribution in [0.2, 0.25) is 10.3 Å². The van der Waals surface area contributed by atoms with E-state index in [9.17, 15) is 0 Å². The van der Waals surface area contributed by atoms with Crippen molar-refractivity contribution in [2.75, 3.05) is 0 Å². The molecule has 0 saturated carbocycles. The van der Waals surface area contributed by atoms with Crippen molar-refractivity contribution in [2.45, 2.75) is 12.5 Å². The lowest BCUT2D eigenvalue weighted by atomic mass is 10.1. The monoisotopic (exact) mass is 216 g/mol. The molecule has 0 radical (unpaired) electrons. The number of aromatic nitrogens is 1. The molecule has 1 rings (SSSR count). The fraction of sp³-hybridized carbons (Fsp3) is 0.222. The second-order valence-corrected chi connectivity index (χ2v) is 3.39. The number of pyridine rings is 1. The van der Waals surface area contributed by atoms with Gasteiger partial charge in [-0.25, -0.2) is 4.98 Å². The summed E-state index contributed by atoms with van der Waals surface area (Å²) in [6, 6.07) is 3.30. The van der Waals surface area contributed by atoms with Crippen LogP contribution in [0.15, 0.2) is 24.8 Å². The minimum absolute atomic E-state index is 0.158. The van der Waals surface area contributed by atoms with E-state index in [2.05, 4.69) is 11.6 Å². The van der Waals surface area contributed by atoms with Crippen molar-refractivity contribution >= 4 is 23.2 Å². The number of nitrogens with two attached hydrogens (primary N) is 1. The summed E-state index contributed by atoms with van der Waals surface area (Å²) in [7, 11) is 0. The minimum atomic E-state index is -0.158. The van der Waals surface area contributed by atoms with Gasteiger partial charge in [0, 0.05) is 11.6 Å². The quantitative estimate of drug-likeness (QED) is 0.624. The SMILES string of the molecule is C=CC[C@H](N)c1ccc(Cl)nc1Cl. The molecule has 70 valence electrons. The van der Waals surface area contributed by atoms with Crippen LogP contribution in [-0.4, -0.2) is 4.98 Å². The third-order valence-corrected chi connectivity index (χ3v) is 2.18. The van der Waals surface area contributed by atoms with E-state index >= 15 is 0 Å². The van der Waals surface area contributed by atoms with Crippen LogP contribution in [0.4, 0.5) is 0 Å². The van der Waals surface area contributed by atoms with Gasteiger partial charge in [0.2, 0.25) is 0 Å². The molecule has 0 amide bonds. The first-order chi connectivity index (χ1) is 6.15. The van der Waals surface area contributed by atoms with Gasteiger partial charge in [0.05, 0.1) is 0 Å². The molecule has 1 aromatic heterocycles. The van der Waals surface area contributed by atoms with Crippen molar-refractivity contribution in [1.82, 2.24) is 4.98 Å². The highest BCUT2D eigenvalue weighted by atomic mass is 35.5. The Kier molecular flexibility index (Phi) is 3.72. The van der Waals surface area contributed by atoms with E-state index in [1.165, 1.54) is 0 Å². The predicted octanol–water partition coefficient (Wildman–Crippen LogP) is 2.96. The molecule has 4 heteroatoms. The van der Waals surface area contributed by atoms with Crippen molar-refractivity contribution in [3.05, 3.63) is 40.7 Å². The zero-order chi connectivity index (χ0) is 9.84. The first-order valence-corrected chi connectivity index (χ1v) is 4.59. The normalized spacial score (nSPS) is 12.5. The van der Waals surface area contributed by atoms with Crippen molar-refractivity contribution in [3.8, 4) is 0 Å². The third-order valence-electron chi connectivity index (χ3n) is 1.66. The summed E-state index contributed by atoms with van der Waals surface area (Å²) < 4.78 is 0. The molecule has 13 heavy (non-hydrogen) atoms. The summed E-state index contributed by atoms with van der Waals surface area (Å²) in [5, 5.41) is 0.737. The van der Waals surface area contributed by atoms with E-state index in [0.29, 0.717) is 16.7 Å². The number of rotatable bonds is 3. The topological polar surface area (TPSA) is 38.9 Å². The summed E-state index contributed by atoms with van der Waals surface area (Å²) in [6.07, 6.45) is 2.42. The molecule has 1 heterocycles. The second kappa shape index (κ2) is 4.61. The Bertz CT molecular complexity index is 312. The first kappa shape index (κ1) is 10.5. The molecule has 0 saturated heterocycles. The molecular weight excluding hydrogens is 207 g/mol. The van der Waals surface area contributed by atoms with E-state index in [1.54, 1.807) is 18.2 Å². The standard InChI is InChI=1S/C9H10Cl2N2/c1-2-3-7(12)6-4-5-8(10)13-9(6)11/h2,4-5,7H,1,3,12H2/t7-/m0/s1.